The molecular formula is C8H8N4O2S. The molecular weight excluding hydrogens is 216 g/mol. The van der Waals surface area contributed by atoms with Crippen LogP contribution < -0.4 is 0 Å². The number of carbonyl (C=O) groups is 1. The monoisotopic (exact) mass is 224 g/mol. The summed E-state index contributed by atoms with van der Waals surface area (Å²) in [6.45, 7) is 1.61. The van der Waals surface area contributed by atoms with Crippen LogP contribution in [-0.4, -0.2) is 37.3 Å². The van der Waals surface area contributed by atoms with Gasteiger partial charge < -0.3 is 10.1 Å². The first-order valence-electron chi connectivity index (χ1n) is 4.13. The predicted molar refractivity (Wildman–Crippen MR) is 55.2 cm³/mol. The Morgan fingerprint density at radius 3 is 2.73 bits per heavy atom. The summed E-state index contributed by atoms with van der Waals surface area (Å²) in [4.78, 5) is 25.8. The topological polar surface area (TPSA) is 91.8 Å². The minimum atomic E-state index is -1.09. The van der Waals surface area contributed by atoms with E-state index >= 15 is 0 Å². The van der Waals surface area contributed by atoms with Crippen LogP contribution >= 0.6 is 11.8 Å². The molecule has 0 saturated heterocycles. The zero-order valence-corrected chi connectivity index (χ0v) is 8.92. The molecule has 78 valence electrons. The normalized spacial score (nSPS) is 10.8. The fraction of sp³-hybridized carbons (Fsp3) is 0.250. The van der Waals surface area contributed by atoms with E-state index in [1.54, 1.807) is 6.92 Å². The van der Waals surface area contributed by atoms with Crippen molar-refractivity contribution in [2.45, 2.75) is 12.1 Å². The highest BCUT2D eigenvalue weighted by Crippen LogP contribution is 2.15. The van der Waals surface area contributed by atoms with Crippen LogP contribution in [0.1, 0.15) is 16.2 Å². The summed E-state index contributed by atoms with van der Waals surface area (Å²) >= 11 is 1.42. The van der Waals surface area contributed by atoms with Gasteiger partial charge in [0.15, 0.2) is 22.1 Å². The fourth-order valence-corrected chi connectivity index (χ4v) is 1.57. The Morgan fingerprint density at radius 2 is 2.13 bits per heavy atom. The summed E-state index contributed by atoms with van der Waals surface area (Å²) < 4.78 is 0. The molecule has 15 heavy (non-hydrogen) atoms. The smallest absolute Gasteiger partial charge is 0.356 e. The average molecular weight is 224 g/mol. The van der Waals surface area contributed by atoms with E-state index in [2.05, 4.69) is 19.9 Å². The quantitative estimate of drug-likeness (QED) is 0.741. The second-order valence-electron chi connectivity index (χ2n) is 2.88. The molecule has 0 bridgehead atoms. The Kier molecular flexibility index (Phi) is 2.31. The maximum absolute atomic E-state index is 10.8. The molecule has 7 heteroatoms. The maximum atomic E-state index is 10.8. The average Bonchev–Trinajstić information content (AvgIpc) is 2.58. The second-order valence-corrected chi connectivity index (χ2v) is 3.68. The number of fused-ring (bicyclic) bond motifs is 1. The van der Waals surface area contributed by atoms with E-state index in [4.69, 9.17) is 5.11 Å². The van der Waals surface area contributed by atoms with Crippen molar-refractivity contribution >= 4 is 29.0 Å². The van der Waals surface area contributed by atoms with Crippen LogP contribution in [0.5, 0.6) is 0 Å². The van der Waals surface area contributed by atoms with Crippen LogP contribution in [0.2, 0.25) is 0 Å². The second kappa shape index (κ2) is 3.50. The van der Waals surface area contributed by atoms with Gasteiger partial charge in [-0.05, 0) is 13.2 Å². The number of aromatic amines is 1. The SMILES string of the molecule is CSc1nc2nc(C(=O)O)c(C)nc2[nH]1. The number of thioether (sulfide) groups is 1. The summed E-state index contributed by atoms with van der Waals surface area (Å²) in [5.74, 6) is -1.09. The van der Waals surface area contributed by atoms with Crippen molar-refractivity contribution in [1.82, 2.24) is 19.9 Å². The number of rotatable bonds is 2. The van der Waals surface area contributed by atoms with Gasteiger partial charge in [-0.3, -0.25) is 0 Å². The molecule has 0 aliphatic heterocycles. The molecule has 0 fully saturated rings. The van der Waals surface area contributed by atoms with E-state index < -0.39 is 5.97 Å². The third kappa shape index (κ3) is 1.65. The largest absolute Gasteiger partial charge is 0.476 e. The van der Waals surface area contributed by atoms with Crippen molar-refractivity contribution in [3.05, 3.63) is 11.4 Å². The first-order valence-corrected chi connectivity index (χ1v) is 5.36. The molecule has 0 unspecified atom stereocenters. The van der Waals surface area contributed by atoms with Crippen molar-refractivity contribution in [3.63, 3.8) is 0 Å². The molecule has 2 aromatic rings. The van der Waals surface area contributed by atoms with Gasteiger partial charge in [0, 0.05) is 0 Å². The lowest BCUT2D eigenvalue weighted by molar-refractivity contribution is 0.0689. The van der Waals surface area contributed by atoms with Crippen molar-refractivity contribution in [2.24, 2.45) is 0 Å². The third-order valence-electron chi connectivity index (χ3n) is 1.88. The summed E-state index contributed by atoms with van der Waals surface area (Å²) in [6, 6.07) is 0. The zero-order valence-electron chi connectivity index (χ0n) is 8.11. The van der Waals surface area contributed by atoms with Crippen molar-refractivity contribution in [1.29, 1.82) is 0 Å². The Balaban J connectivity index is 2.68. The molecule has 0 radical (unpaired) electrons. The highest BCUT2D eigenvalue weighted by molar-refractivity contribution is 7.98. The highest BCUT2D eigenvalue weighted by atomic mass is 32.2. The van der Waals surface area contributed by atoms with E-state index in [1.165, 1.54) is 11.8 Å². The minimum absolute atomic E-state index is 0.0540. The number of nitrogens with zero attached hydrogens (tertiary/aromatic N) is 3. The Labute approximate surface area is 89.2 Å². The van der Waals surface area contributed by atoms with Gasteiger partial charge in [-0.1, -0.05) is 11.8 Å². The summed E-state index contributed by atoms with van der Waals surface area (Å²) in [5, 5.41) is 9.52. The van der Waals surface area contributed by atoms with E-state index in [9.17, 15) is 4.79 Å². The number of hydrogen-bond acceptors (Lipinski definition) is 5. The number of aryl methyl sites for hydroxylation is 1. The summed E-state index contributed by atoms with van der Waals surface area (Å²) in [6.07, 6.45) is 1.86. The first-order chi connectivity index (χ1) is 7.11. The number of aromatic carboxylic acids is 1. The molecule has 0 aromatic carbocycles. The minimum Gasteiger partial charge on any atom is -0.476 e. The van der Waals surface area contributed by atoms with Crippen molar-refractivity contribution in [2.75, 3.05) is 6.26 Å². The number of carboxylic acids is 1. The van der Waals surface area contributed by atoms with Crippen LogP contribution in [-0.2, 0) is 0 Å². The number of H-pyrrole nitrogens is 1. The van der Waals surface area contributed by atoms with Gasteiger partial charge in [0.2, 0.25) is 0 Å². The third-order valence-corrected chi connectivity index (χ3v) is 2.46. The number of aromatic nitrogens is 4. The molecule has 6 nitrogen and oxygen atoms in total. The number of nitrogens with one attached hydrogen (secondary N) is 1. The Hall–Kier alpha value is -1.63. The van der Waals surface area contributed by atoms with Crippen molar-refractivity contribution in [3.8, 4) is 0 Å². The van der Waals surface area contributed by atoms with Crippen LogP contribution in [0.25, 0.3) is 11.3 Å². The maximum Gasteiger partial charge on any atom is 0.356 e. The van der Waals surface area contributed by atoms with Gasteiger partial charge in [0.1, 0.15) is 0 Å². The van der Waals surface area contributed by atoms with E-state index in [-0.39, 0.29) is 5.69 Å². The standard InChI is InChI=1S/C8H8N4O2S/c1-3-4(7(13)14)10-6-5(9-3)11-8(12-6)15-2/h1-2H3,(H,13,14)(H,9,10,11,12). The fourth-order valence-electron chi connectivity index (χ4n) is 1.20. The molecule has 0 atom stereocenters. The van der Waals surface area contributed by atoms with Gasteiger partial charge in [-0.2, -0.15) is 0 Å². The highest BCUT2D eigenvalue weighted by Gasteiger charge is 2.14. The van der Waals surface area contributed by atoms with E-state index in [0.717, 1.165) is 0 Å². The van der Waals surface area contributed by atoms with Crippen LogP contribution in [0.3, 0.4) is 0 Å². The van der Waals surface area contributed by atoms with E-state index in [1.807, 2.05) is 6.26 Å². The van der Waals surface area contributed by atoms with Gasteiger partial charge in [0.25, 0.3) is 0 Å². The Morgan fingerprint density at radius 1 is 1.40 bits per heavy atom. The molecule has 2 aromatic heterocycles. The lowest BCUT2D eigenvalue weighted by atomic mass is 10.3. The molecule has 0 aliphatic rings. The van der Waals surface area contributed by atoms with Gasteiger partial charge in [-0.25, -0.2) is 19.7 Å². The molecule has 0 amide bonds. The summed E-state index contributed by atoms with van der Waals surface area (Å²) in [5.41, 5.74) is 1.18. The number of imidazole rings is 1. The van der Waals surface area contributed by atoms with Crippen LogP contribution in [0, 0.1) is 6.92 Å². The van der Waals surface area contributed by atoms with Crippen LogP contribution in [0.15, 0.2) is 5.16 Å². The van der Waals surface area contributed by atoms with E-state index in [0.29, 0.717) is 22.1 Å². The van der Waals surface area contributed by atoms with Crippen LogP contribution in [0.4, 0.5) is 0 Å². The zero-order chi connectivity index (χ0) is 11.0. The van der Waals surface area contributed by atoms with Gasteiger partial charge >= 0.3 is 5.97 Å². The van der Waals surface area contributed by atoms with Gasteiger partial charge in [-0.15, -0.1) is 0 Å². The number of hydrogen-bond donors (Lipinski definition) is 2. The molecule has 2 N–H and O–H groups in total. The molecule has 0 saturated carbocycles. The van der Waals surface area contributed by atoms with Crippen molar-refractivity contribution < 1.29 is 9.90 Å². The number of carboxylic acid groups (broad SMARTS) is 1. The lowest BCUT2D eigenvalue weighted by Crippen LogP contribution is -2.05. The lowest BCUT2D eigenvalue weighted by Gasteiger charge is -1.96. The first kappa shape index (κ1) is 9.91. The molecule has 0 aliphatic carbocycles. The molecule has 0 spiro atoms. The Bertz CT molecular complexity index is 537. The van der Waals surface area contributed by atoms with Gasteiger partial charge in [0.05, 0.1) is 5.69 Å². The predicted octanol–water partition coefficient (Wildman–Crippen LogP) is 1.08. The summed E-state index contributed by atoms with van der Waals surface area (Å²) in [7, 11) is 0. The molecule has 2 rings (SSSR count). The molecule has 2 heterocycles.